The van der Waals surface area contributed by atoms with Gasteiger partial charge in [-0.05, 0) is 44.0 Å². The highest BCUT2D eigenvalue weighted by Crippen LogP contribution is 2.36. The second-order valence-corrected chi connectivity index (χ2v) is 6.76. The molecular weight excluding hydrogens is 328 g/mol. The fourth-order valence-corrected chi connectivity index (χ4v) is 3.78. The van der Waals surface area contributed by atoms with E-state index < -0.39 is 0 Å². The number of benzene rings is 1. The van der Waals surface area contributed by atoms with Crippen molar-refractivity contribution in [3.8, 4) is 11.5 Å². The maximum atomic E-state index is 5.54. The lowest BCUT2D eigenvalue weighted by Crippen LogP contribution is -2.24. The lowest BCUT2D eigenvalue weighted by atomic mass is 10.2. The number of imidazole rings is 1. The van der Waals surface area contributed by atoms with Crippen molar-refractivity contribution in [2.24, 2.45) is 0 Å². The fourth-order valence-electron chi connectivity index (χ4n) is 3.78. The number of aromatic amines is 1. The van der Waals surface area contributed by atoms with Gasteiger partial charge in [-0.15, -0.1) is 0 Å². The highest BCUT2D eigenvalue weighted by molar-refractivity contribution is 5.75. The molecule has 1 N–H and O–H groups in total. The molecule has 1 saturated heterocycles. The second kappa shape index (κ2) is 6.96. The molecule has 1 aliphatic heterocycles. The van der Waals surface area contributed by atoms with E-state index in [1.165, 1.54) is 5.56 Å². The molecule has 0 saturated carbocycles. The first kappa shape index (κ1) is 16.8. The third-order valence-corrected chi connectivity index (χ3v) is 5.05. The van der Waals surface area contributed by atoms with Crippen LogP contribution in [0.2, 0.25) is 0 Å². The molecule has 3 aromatic rings. The Kier molecular flexibility index (Phi) is 4.51. The van der Waals surface area contributed by atoms with Crippen LogP contribution in [0.25, 0.3) is 11.0 Å². The predicted molar refractivity (Wildman–Crippen MR) is 101 cm³/mol. The average Bonchev–Trinajstić information content (AvgIpc) is 3.27. The molecule has 26 heavy (non-hydrogen) atoms. The van der Waals surface area contributed by atoms with Gasteiger partial charge < -0.3 is 14.5 Å². The molecule has 0 radical (unpaired) electrons. The molecule has 0 unspecified atom stereocenters. The van der Waals surface area contributed by atoms with Crippen molar-refractivity contribution in [1.29, 1.82) is 0 Å². The molecule has 6 nitrogen and oxygen atoms in total. The van der Waals surface area contributed by atoms with Crippen LogP contribution in [0.15, 0.2) is 30.5 Å². The van der Waals surface area contributed by atoms with Gasteiger partial charge in [0.1, 0.15) is 11.5 Å². The minimum atomic E-state index is 0.264. The monoisotopic (exact) mass is 352 g/mol. The Hall–Kier alpha value is -2.60. The topological polar surface area (TPSA) is 63.3 Å². The van der Waals surface area contributed by atoms with Gasteiger partial charge in [-0.2, -0.15) is 0 Å². The number of pyridine rings is 1. The molecule has 136 valence electrons. The average molecular weight is 352 g/mol. The molecule has 0 aliphatic carbocycles. The number of nitrogens with one attached hydrogen (secondary N) is 1. The van der Waals surface area contributed by atoms with E-state index in [1.807, 2.05) is 6.07 Å². The highest BCUT2D eigenvalue weighted by atomic mass is 16.5. The van der Waals surface area contributed by atoms with Crippen molar-refractivity contribution in [2.45, 2.75) is 32.4 Å². The van der Waals surface area contributed by atoms with Crippen LogP contribution in [0, 0.1) is 6.92 Å². The number of nitrogens with zero attached hydrogens (tertiary/aromatic N) is 3. The van der Waals surface area contributed by atoms with Gasteiger partial charge >= 0.3 is 0 Å². The predicted octanol–water partition coefficient (Wildman–Crippen LogP) is 3.62. The fraction of sp³-hybridized carbons (Fsp3) is 0.400. The van der Waals surface area contributed by atoms with Gasteiger partial charge in [0.25, 0.3) is 0 Å². The zero-order chi connectivity index (χ0) is 18.1. The number of aromatic nitrogens is 3. The molecule has 1 fully saturated rings. The summed E-state index contributed by atoms with van der Waals surface area (Å²) in [6, 6.07) is 8.42. The second-order valence-electron chi connectivity index (χ2n) is 6.76. The van der Waals surface area contributed by atoms with Crippen molar-refractivity contribution >= 4 is 11.0 Å². The Labute approximate surface area is 153 Å². The molecule has 0 amide bonds. The van der Waals surface area contributed by atoms with Crippen LogP contribution in [0.5, 0.6) is 11.5 Å². The van der Waals surface area contributed by atoms with E-state index in [0.29, 0.717) is 18.0 Å². The number of hydrogen-bond donors (Lipinski definition) is 1. The van der Waals surface area contributed by atoms with Crippen LogP contribution >= 0.6 is 0 Å². The summed E-state index contributed by atoms with van der Waals surface area (Å²) < 4.78 is 10.9. The zero-order valence-electron chi connectivity index (χ0n) is 15.5. The van der Waals surface area contributed by atoms with E-state index in [-0.39, 0.29) is 6.04 Å². The molecule has 2 aromatic heterocycles. The van der Waals surface area contributed by atoms with E-state index >= 15 is 0 Å². The van der Waals surface area contributed by atoms with Gasteiger partial charge in [0, 0.05) is 18.8 Å². The Balaban J connectivity index is 1.62. The number of methoxy groups -OCH3 is 2. The van der Waals surface area contributed by atoms with E-state index in [4.69, 9.17) is 14.5 Å². The van der Waals surface area contributed by atoms with Crippen molar-refractivity contribution in [3.05, 3.63) is 47.5 Å². The summed E-state index contributed by atoms with van der Waals surface area (Å²) in [4.78, 5) is 15.3. The van der Waals surface area contributed by atoms with Crippen molar-refractivity contribution < 1.29 is 9.47 Å². The summed E-state index contributed by atoms with van der Waals surface area (Å²) in [5.41, 5.74) is 4.26. The van der Waals surface area contributed by atoms with Crippen LogP contribution in [0.4, 0.5) is 0 Å². The molecule has 1 aromatic carbocycles. The largest absolute Gasteiger partial charge is 0.493 e. The molecule has 1 aliphatic rings. The minimum absolute atomic E-state index is 0.264. The van der Waals surface area contributed by atoms with Gasteiger partial charge in [-0.1, -0.05) is 6.07 Å². The quantitative estimate of drug-likeness (QED) is 0.760. The summed E-state index contributed by atoms with van der Waals surface area (Å²) in [6.45, 7) is 3.83. The molecular formula is C20H24N4O2. The molecule has 0 spiro atoms. The van der Waals surface area contributed by atoms with E-state index in [1.54, 1.807) is 20.4 Å². The van der Waals surface area contributed by atoms with Crippen molar-refractivity contribution in [1.82, 2.24) is 19.9 Å². The lowest BCUT2D eigenvalue weighted by Gasteiger charge is -2.23. The number of fused-ring (bicyclic) bond motifs is 1. The summed E-state index contributed by atoms with van der Waals surface area (Å²) in [5, 5.41) is 0. The first-order valence-electron chi connectivity index (χ1n) is 8.95. The number of aryl methyl sites for hydroxylation is 1. The van der Waals surface area contributed by atoms with Gasteiger partial charge in [0.15, 0.2) is 11.5 Å². The number of ether oxygens (including phenoxy) is 2. The van der Waals surface area contributed by atoms with Crippen LogP contribution in [0.1, 0.15) is 36.0 Å². The Morgan fingerprint density at radius 2 is 2.12 bits per heavy atom. The lowest BCUT2D eigenvalue weighted by molar-refractivity contribution is 0.232. The van der Waals surface area contributed by atoms with Crippen LogP contribution < -0.4 is 9.47 Å². The summed E-state index contributed by atoms with van der Waals surface area (Å²) in [5.74, 6) is 2.46. The van der Waals surface area contributed by atoms with Gasteiger partial charge in [0.2, 0.25) is 0 Å². The van der Waals surface area contributed by atoms with E-state index in [9.17, 15) is 0 Å². The van der Waals surface area contributed by atoms with E-state index in [2.05, 4.69) is 40.0 Å². The molecule has 0 bridgehead atoms. The van der Waals surface area contributed by atoms with Crippen LogP contribution in [0.3, 0.4) is 0 Å². The zero-order valence-corrected chi connectivity index (χ0v) is 15.5. The molecule has 1 atom stereocenters. The van der Waals surface area contributed by atoms with Crippen molar-refractivity contribution in [2.75, 3.05) is 20.8 Å². The third-order valence-electron chi connectivity index (χ3n) is 5.05. The van der Waals surface area contributed by atoms with Gasteiger partial charge in [-0.25, -0.2) is 4.98 Å². The molecule has 3 heterocycles. The number of H-pyrrole nitrogens is 1. The maximum Gasteiger partial charge on any atom is 0.183 e. The first-order valence-corrected chi connectivity index (χ1v) is 8.95. The van der Waals surface area contributed by atoms with Crippen LogP contribution in [-0.4, -0.2) is 40.6 Å². The van der Waals surface area contributed by atoms with Gasteiger partial charge in [0.05, 0.1) is 31.3 Å². The highest BCUT2D eigenvalue weighted by Gasteiger charge is 2.30. The Bertz CT molecular complexity index is 921. The Morgan fingerprint density at radius 3 is 2.92 bits per heavy atom. The van der Waals surface area contributed by atoms with E-state index in [0.717, 1.165) is 41.9 Å². The maximum absolute atomic E-state index is 5.54. The normalized spacial score (nSPS) is 17.7. The summed E-state index contributed by atoms with van der Waals surface area (Å²) in [6.07, 6.45) is 4.00. The number of hydrogen-bond acceptors (Lipinski definition) is 5. The van der Waals surface area contributed by atoms with Crippen molar-refractivity contribution in [3.63, 3.8) is 0 Å². The molecule has 6 heteroatoms. The standard InChI is InChI=1S/C20H24N4O2/c1-13-6-7-14-15(11-13)23-20(22-14)17-5-4-10-24(17)12-16-19(26-3)18(25-2)8-9-21-16/h6-9,11,17H,4-5,10,12H2,1-3H3,(H,22,23)/t17-/m0/s1. The van der Waals surface area contributed by atoms with Crippen LogP contribution in [-0.2, 0) is 6.54 Å². The summed E-state index contributed by atoms with van der Waals surface area (Å²) in [7, 11) is 3.31. The minimum Gasteiger partial charge on any atom is -0.493 e. The Morgan fingerprint density at radius 1 is 1.23 bits per heavy atom. The molecule has 4 rings (SSSR count). The summed E-state index contributed by atoms with van der Waals surface area (Å²) >= 11 is 0. The first-order chi connectivity index (χ1) is 12.7. The number of rotatable bonds is 5. The number of likely N-dealkylation sites (tertiary alicyclic amines) is 1. The van der Waals surface area contributed by atoms with Gasteiger partial charge in [-0.3, -0.25) is 9.88 Å². The SMILES string of the molecule is COc1ccnc(CN2CCC[C@H]2c2nc3ccc(C)cc3[nH]2)c1OC. The third kappa shape index (κ3) is 3.01. The smallest absolute Gasteiger partial charge is 0.183 e.